The molecule has 1 aromatic carbocycles. The van der Waals surface area contributed by atoms with Gasteiger partial charge in [-0.1, -0.05) is 15.9 Å². The van der Waals surface area contributed by atoms with Crippen LogP contribution in [0.3, 0.4) is 0 Å². The molecule has 0 radical (unpaired) electrons. The van der Waals surface area contributed by atoms with Crippen LogP contribution >= 0.6 is 15.9 Å². The van der Waals surface area contributed by atoms with E-state index in [9.17, 15) is 4.79 Å². The van der Waals surface area contributed by atoms with Crippen molar-refractivity contribution in [1.82, 2.24) is 0 Å². The molecule has 0 saturated heterocycles. The standard InChI is InChI=1S/C11H13BrN2O/c1-3-14-7(2)11(15)13-9-6-8(12)4-5-10(9)14/h4-7H,3H2,1-2H3,(H,13,15). The van der Waals surface area contributed by atoms with Gasteiger partial charge in [-0.3, -0.25) is 4.79 Å². The lowest BCUT2D eigenvalue weighted by Crippen LogP contribution is -2.46. The molecule has 1 aliphatic rings. The molecule has 80 valence electrons. The van der Waals surface area contributed by atoms with E-state index in [0.717, 1.165) is 22.4 Å². The largest absolute Gasteiger partial charge is 0.358 e. The molecule has 1 atom stereocenters. The molecule has 1 aromatic rings. The molecule has 1 heterocycles. The molecule has 1 aliphatic heterocycles. The summed E-state index contributed by atoms with van der Waals surface area (Å²) in [5.74, 6) is 0.0578. The summed E-state index contributed by atoms with van der Waals surface area (Å²) in [5, 5.41) is 2.90. The molecule has 0 fully saturated rings. The van der Waals surface area contributed by atoms with Crippen LogP contribution < -0.4 is 10.2 Å². The molecular formula is C11H13BrN2O. The Hall–Kier alpha value is -1.03. The third-order valence-corrected chi connectivity index (χ3v) is 3.21. The second-order valence-corrected chi connectivity index (χ2v) is 4.53. The lowest BCUT2D eigenvalue weighted by atomic mass is 10.1. The number of rotatable bonds is 1. The fourth-order valence-corrected chi connectivity index (χ4v) is 2.25. The van der Waals surface area contributed by atoms with Crippen LogP contribution in [0.4, 0.5) is 11.4 Å². The van der Waals surface area contributed by atoms with Crippen LogP contribution in [0.25, 0.3) is 0 Å². The van der Waals surface area contributed by atoms with Gasteiger partial charge in [0.1, 0.15) is 6.04 Å². The van der Waals surface area contributed by atoms with Crippen molar-refractivity contribution in [1.29, 1.82) is 0 Å². The Bertz CT molecular complexity index is 406. The molecule has 1 amide bonds. The van der Waals surface area contributed by atoms with Gasteiger partial charge in [-0.05, 0) is 32.0 Å². The maximum atomic E-state index is 11.7. The number of nitrogens with one attached hydrogen (secondary N) is 1. The van der Waals surface area contributed by atoms with E-state index in [2.05, 4.69) is 33.1 Å². The highest BCUT2D eigenvalue weighted by Crippen LogP contribution is 2.33. The Morgan fingerprint density at radius 3 is 2.93 bits per heavy atom. The molecule has 0 aromatic heterocycles. The summed E-state index contributed by atoms with van der Waals surface area (Å²) in [6.45, 7) is 4.81. The van der Waals surface area contributed by atoms with Gasteiger partial charge >= 0.3 is 0 Å². The Balaban J connectivity index is 2.49. The van der Waals surface area contributed by atoms with Crippen LogP contribution in [0.1, 0.15) is 13.8 Å². The predicted molar refractivity (Wildman–Crippen MR) is 65.3 cm³/mol. The van der Waals surface area contributed by atoms with Crippen molar-refractivity contribution in [2.45, 2.75) is 19.9 Å². The summed E-state index contributed by atoms with van der Waals surface area (Å²) in [4.78, 5) is 13.8. The SMILES string of the molecule is CCN1c2ccc(Br)cc2NC(=O)C1C. The minimum Gasteiger partial charge on any atom is -0.358 e. The number of fused-ring (bicyclic) bond motifs is 1. The zero-order valence-electron chi connectivity index (χ0n) is 8.75. The van der Waals surface area contributed by atoms with Crippen LogP contribution in [0.2, 0.25) is 0 Å². The van der Waals surface area contributed by atoms with E-state index in [1.54, 1.807) is 0 Å². The predicted octanol–water partition coefficient (Wildman–Crippen LogP) is 2.62. The number of likely N-dealkylation sites (N-methyl/N-ethyl adjacent to an activating group) is 1. The van der Waals surface area contributed by atoms with Gasteiger partial charge in [0.05, 0.1) is 11.4 Å². The second-order valence-electron chi connectivity index (χ2n) is 3.61. The molecular weight excluding hydrogens is 256 g/mol. The van der Waals surface area contributed by atoms with Gasteiger partial charge in [0.2, 0.25) is 5.91 Å². The van der Waals surface area contributed by atoms with E-state index < -0.39 is 0 Å². The van der Waals surface area contributed by atoms with Crippen molar-refractivity contribution in [3.8, 4) is 0 Å². The first-order chi connectivity index (χ1) is 7.13. The van der Waals surface area contributed by atoms with Gasteiger partial charge in [-0.25, -0.2) is 0 Å². The van der Waals surface area contributed by atoms with Crippen molar-refractivity contribution in [3.05, 3.63) is 22.7 Å². The molecule has 15 heavy (non-hydrogen) atoms. The fraction of sp³-hybridized carbons (Fsp3) is 0.364. The first kappa shape index (κ1) is 10.5. The maximum Gasteiger partial charge on any atom is 0.246 e. The molecule has 3 nitrogen and oxygen atoms in total. The van der Waals surface area contributed by atoms with Crippen molar-refractivity contribution >= 4 is 33.2 Å². The Morgan fingerprint density at radius 1 is 1.53 bits per heavy atom. The van der Waals surface area contributed by atoms with Crippen molar-refractivity contribution in [2.75, 3.05) is 16.8 Å². The van der Waals surface area contributed by atoms with Crippen LogP contribution in [0, 0.1) is 0 Å². The Labute approximate surface area is 97.6 Å². The second kappa shape index (κ2) is 3.85. The number of halogens is 1. The smallest absolute Gasteiger partial charge is 0.246 e. The molecule has 1 N–H and O–H groups in total. The Morgan fingerprint density at radius 2 is 2.27 bits per heavy atom. The van der Waals surface area contributed by atoms with E-state index in [-0.39, 0.29) is 11.9 Å². The van der Waals surface area contributed by atoms with Gasteiger partial charge < -0.3 is 10.2 Å². The van der Waals surface area contributed by atoms with Crippen LogP contribution in [-0.2, 0) is 4.79 Å². The van der Waals surface area contributed by atoms with Crippen molar-refractivity contribution in [2.24, 2.45) is 0 Å². The Kier molecular flexibility index (Phi) is 2.69. The number of carbonyl (C=O) groups excluding carboxylic acids is 1. The third kappa shape index (κ3) is 1.74. The highest BCUT2D eigenvalue weighted by atomic mass is 79.9. The highest BCUT2D eigenvalue weighted by molar-refractivity contribution is 9.10. The molecule has 0 aliphatic carbocycles. The molecule has 0 saturated carbocycles. The first-order valence-electron chi connectivity index (χ1n) is 5.00. The van der Waals surface area contributed by atoms with Gasteiger partial charge in [0.15, 0.2) is 0 Å². The summed E-state index contributed by atoms with van der Waals surface area (Å²) in [6, 6.07) is 5.86. The summed E-state index contributed by atoms with van der Waals surface area (Å²) in [6.07, 6.45) is 0. The summed E-state index contributed by atoms with van der Waals surface area (Å²) >= 11 is 3.40. The van der Waals surface area contributed by atoms with Gasteiger partial charge in [0, 0.05) is 11.0 Å². The van der Waals surface area contributed by atoms with Crippen LogP contribution in [0.15, 0.2) is 22.7 Å². The number of carbonyl (C=O) groups is 1. The zero-order valence-corrected chi connectivity index (χ0v) is 10.3. The zero-order chi connectivity index (χ0) is 11.0. The summed E-state index contributed by atoms with van der Waals surface area (Å²) in [7, 11) is 0. The van der Waals surface area contributed by atoms with E-state index in [1.807, 2.05) is 25.1 Å². The minimum absolute atomic E-state index is 0.0578. The average Bonchev–Trinajstić information content (AvgIpc) is 2.20. The third-order valence-electron chi connectivity index (χ3n) is 2.71. The average molecular weight is 269 g/mol. The van der Waals surface area contributed by atoms with E-state index in [4.69, 9.17) is 0 Å². The van der Waals surface area contributed by atoms with E-state index in [1.165, 1.54) is 0 Å². The monoisotopic (exact) mass is 268 g/mol. The number of benzene rings is 1. The summed E-state index contributed by atoms with van der Waals surface area (Å²) in [5.41, 5.74) is 1.97. The van der Waals surface area contributed by atoms with E-state index in [0.29, 0.717) is 0 Å². The molecule has 2 rings (SSSR count). The number of hydrogen-bond acceptors (Lipinski definition) is 2. The van der Waals surface area contributed by atoms with Crippen molar-refractivity contribution < 1.29 is 4.79 Å². The number of nitrogens with zero attached hydrogens (tertiary/aromatic N) is 1. The van der Waals surface area contributed by atoms with Gasteiger partial charge in [-0.15, -0.1) is 0 Å². The number of anilines is 2. The summed E-state index contributed by atoms with van der Waals surface area (Å²) < 4.78 is 0.979. The topological polar surface area (TPSA) is 32.3 Å². The lowest BCUT2D eigenvalue weighted by molar-refractivity contribution is -0.117. The minimum atomic E-state index is -0.0938. The van der Waals surface area contributed by atoms with Gasteiger partial charge in [-0.2, -0.15) is 0 Å². The quantitative estimate of drug-likeness (QED) is 0.850. The fourth-order valence-electron chi connectivity index (χ4n) is 1.89. The van der Waals surface area contributed by atoms with Crippen molar-refractivity contribution in [3.63, 3.8) is 0 Å². The first-order valence-corrected chi connectivity index (χ1v) is 5.80. The lowest BCUT2D eigenvalue weighted by Gasteiger charge is -2.35. The van der Waals surface area contributed by atoms with E-state index >= 15 is 0 Å². The molecule has 0 bridgehead atoms. The van der Waals surface area contributed by atoms with Gasteiger partial charge in [0.25, 0.3) is 0 Å². The molecule has 0 spiro atoms. The maximum absolute atomic E-state index is 11.7. The van der Waals surface area contributed by atoms with Crippen LogP contribution in [0.5, 0.6) is 0 Å². The number of amides is 1. The normalized spacial score (nSPS) is 19.8. The number of hydrogen-bond donors (Lipinski definition) is 1. The van der Waals surface area contributed by atoms with Crippen LogP contribution in [-0.4, -0.2) is 18.5 Å². The molecule has 1 unspecified atom stereocenters. The highest BCUT2D eigenvalue weighted by Gasteiger charge is 2.27. The molecule has 4 heteroatoms.